The lowest BCUT2D eigenvalue weighted by molar-refractivity contribution is 0.0696. The van der Waals surface area contributed by atoms with Crippen molar-refractivity contribution in [1.82, 2.24) is 9.97 Å². The van der Waals surface area contributed by atoms with Gasteiger partial charge in [-0.15, -0.1) is 0 Å². The minimum atomic E-state index is -1.02. The Labute approximate surface area is 119 Å². The fraction of sp³-hybridized carbons (Fsp3) is 0.0769. The van der Waals surface area contributed by atoms with E-state index in [0.29, 0.717) is 17.1 Å². The Morgan fingerprint density at radius 2 is 2.15 bits per heavy atom. The molecule has 0 aromatic carbocycles. The van der Waals surface area contributed by atoms with Crippen molar-refractivity contribution in [3.8, 4) is 6.07 Å². The minimum absolute atomic E-state index is 0.154. The molecule has 0 aliphatic carbocycles. The van der Waals surface area contributed by atoms with Crippen molar-refractivity contribution in [2.75, 3.05) is 5.32 Å². The van der Waals surface area contributed by atoms with Gasteiger partial charge in [0.1, 0.15) is 16.9 Å². The van der Waals surface area contributed by atoms with E-state index in [1.165, 1.54) is 30.6 Å². The molecule has 2 heterocycles. The average molecular weight is 289 g/mol. The number of carbonyl (C=O) groups is 1. The number of nitrogens with zero attached hydrogens (tertiary/aromatic N) is 3. The number of aromatic nitrogens is 2. The molecule has 0 aliphatic rings. The molecule has 0 spiro atoms. The van der Waals surface area contributed by atoms with E-state index in [1.807, 2.05) is 6.07 Å². The van der Waals surface area contributed by atoms with E-state index in [0.717, 1.165) is 0 Å². The van der Waals surface area contributed by atoms with Gasteiger partial charge in [0.2, 0.25) is 0 Å². The SMILES string of the molecule is N#Cc1ccnc(NCc2cc(C(=O)O)ccn2)c1Cl. The molecule has 2 N–H and O–H groups in total. The molecule has 20 heavy (non-hydrogen) atoms. The number of carboxylic acid groups (broad SMARTS) is 1. The molecule has 0 amide bonds. The summed E-state index contributed by atoms with van der Waals surface area (Å²) in [7, 11) is 0. The molecule has 0 saturated heterocycles. The zero-order valence-electron chi connectivity index (χ0n) is 10.2. The summed E-state index contributed by atoms with van der Waals surface area (Å²) in [6.45, 7) is 0.253. The maximum atomic E-state index is 10.8. The number of halogens is 1. The minimum Gasteiger partial charge on any atom is -0.478 e. The summed E-state index contributed by atoms with van der Waals surface area (Å²) >= 11 is 5.99. The summed E-state index contributed by atoms with van der Waals surface area (Å²) < 4.78 is 0. The fourth-order valence-electron chi connectivity index (χ4n) is 1.54. The van der Waals surface area contributed by atoms with Crippen molar-refractivity contribution >= 4 is 23.4 Å². The molecule has 2 aromatic heterocycles. The number of aromatic carboxylic acids is 1. The third kappa shape index (κ3) is 3.02. The molecule has 0 fully saturated rings. The number of anilines is 1. The summed E-state index contributed by atoms with van der Waals surface area (Å²) in [4.78, 5) is 18.9. The number of rotatable bonds is 4. The van der Waals surface area contributed by atoms with Crippen LogP contribution in [0, 0.1) is 11.3 Å². The van der Waals surface area contributed by atoms with E-state index in [9.17, 15) is 4.79 Å². The topological polar surface area (TPSA) is 98.9 Å². The number of carboxylic acids is 1. The van der Waals surface area contributed by atoms with Gasteiger partial charge < -0.3 is 10.4 Å². The van der Waals surface area contributed by atoms with Gasteiger partial charge >= 0.3 is 5.97 Å². The van der Waals surface area contributed by atoms with Crippen LogP contribution in [-0.2, 0) is 6.54 Å². The van der Waals surface area contributed by atoms with Crippen molar-refractivity contribution < 1.29 is 9.90 Å². The van der Waals surface area contributed by atoms with Crippen LogP contribution in [0.2, 0.25) is 5.02 Å². The normalized spacial score (nSPS) is 9.80. The van der Waals surface area contributed by atoms with Gasteiger partial charge in [-0.05, 0) is 18.2 Å². The first kappa shape index (κ1) is 13.8. The van der Waals surface area contributed by atoms with Crippen LogP contribution in [0.3, 0.4) is 0 Å². The third-order valence-corrected chi connectivity index (χ3v) is 2.89. The zero-order valence-corrected chi connectivity index (χ0v) is 10.9. The second-order valence-electron chi connectivity index (χ2n) is 3.83. The number of hydrogen-bond donors (Lipinski definition) is 2. The monoisotopic (exact) mass is 288 g/mol. The lowest BCUT2D eigenvalue weighted by Crippen LogP contribution is -2.06. The lowest BCUT2D eigenvalue weighted by atomic mass is 10.2. The maximum absolute atomic E-state index is 10.8. The van der Waals surface area contributed by atoms with Gasteiger partial charge in [0, 0.05) is 12.4 Å². The van der Waals surface area contributed by atoms with Crippen LogP contribution in [0.1, 0.15) is 21.6 Å². The quantitative estimate of drug-likeness (QED) is 0.895. The molecule has 0 aliphatic heterocycles. The molecule has 6 nitrogen and oxygen atoms in total. The molecule has 100 valence electrons. The number of hydrogen-bond acceptors (Lipinski definition) is 5. The van der Waals surface area contributed by atoms with Gasteiger partial charge in [-0.2, -0.15) is 5.26 Å². The molecule has 0 saturated carbocycles. The molecule has 2 rings (SSSR count). The Balaban J connectivity index is 2.15. The van der Waals surface area contributed by atoms with Crippen molar-refractivity contribution in [2.45, 2.75) is 6.54 Å². The van der Waals surface area contributed by atoms with Crippen molar-refractivity contribution in [3.63, 3.8) is 0 Å². The van der Waals surface area contributed by atoms with Crippen LogP contribution in [0.15, 0.2) is 30.6 Å². The van der Waals surface area contributed by atoms with E-state index in [2.05, 4.69) is 15.3 Å². The van der Waals surface area contributed by atoms with E-state index in [-0.39, 0.29) is 17.1 Å². The molecule has 0 atom stereocenters. The summed E-state index contributed by atoms with van der Waals surface area (Å²) in [6, 6.07) is 6.33. The summed E-state index contributed by atoms with van der Waals surface area (Å²) in [5.41, 5.74) is 1.00. The Morgan fingerprint density at radius 3 is 2.85 bits per heavy atom. The summed E-state index contributed by atoms with van der Waals surface area (Å²) in [5, 5.41) is 20.9. The molecule has 2 aromatic rings. The number of nitriles is 1. The van der Waals surface area contributed by atoms with Crippen molar-refractivity contribution in [3.05, 3.63) is 52.4 Å². The third-order valence-electron chi connectivity index (χ3n) is 2.51. The standard InChI is InChI=1S/C13H9ClN4O2/c14-11-9(6-15)2-4-17-12(11)18-7-10-5-8(13(19)20)1-3-16-10/h1-5H,7H2,(H,17,18)(H,19,20). The predicted molar refractivity (Wildman–Crippen MR) is 72.5 cm³/mol. The van der Waals surface area contributed by atoms with Gasteiger partial charge in [0.15, 0.2) is 0 Å². The van der Waals surface area contributed by atoms with E-state index in [1.54, 1.807) is 0 Å². The van der Waals surface area contributed by atoms with Gasteiger partial charge in [-0.1, -0.05) is 11.6 Å². The molecular weight excluding hydrogens is 280 g/mol. The smallest absolute Gasteiger partial charge is 0.335 e. The molecule has 7 heteroatoms. The first-order chi connectivity index (χ1) is 9.61. The number of nitrogens with one attached hydrogen (secondary N) is 1. The average Bonchev–Trinajstić information content (AvgIpc) is 2.46. The Bertz CT molecular complexity index is 697. The Morgan fingerprint density at radius 1 is 1.40 bits per heavy atom. The molecule has 0 bridgehead atoms. The predicted octanol–water partition coefficient (Wildman–Crippen LogP) is 2.31. The van der Waals surface area contributed by atoms with Gasteiger partial charge in [0.05, 0.1) is 23.4 Å². The van der Waals surface area contributed by atoms with E-state index >= 15 is 0 Å². The molecule has 0 radical (unpaired) electrons. The first-order valence-corrected chi connectivity index (χ1v) is 5.96. The largest absolute Gasteiger partial charge is 0.478 e. The zero-order chi connectivity index (χ0) is 14.5. The van der Waals surface area contributed by atoms with Crippen LogP contribution in [0.4, 0.5) is 5.82 Å². The highest BCUT2D eigenvalue weighted by Crippen LogP contribution is 2.23. The van der Waals surface area contributed by atoms with Crippen LogP contribution < -0.4 is 5.32 Å². The highest BCUT2D eigenvalue weighted by molar-refractivity contribution is 6.34. The highest BCUT2D eigenvalue weighted by atomic mass is 35.5. The van der Waals surface area contributed by atoms with Crippen molar-refractivity contribution in [1.29, 1.82) is 5.26 Å². The van der Waals surface area contributed by atoms with Crippen LogP contribution >= 0.6 is 11.6 Å². The second-order valence-corrected chi connectivity index (χ2v) is 4.21. The summed E-state index contributed by atoms with van der Waals surface area (Å²) in [5.74, 6) is -0.662. The van der Waals surface area contributed by atoms with Gasteiger partial charge in [0.25, 0.3) is 0 Å². The maximum Gasteiger partial charge on any atom is 0.335 e. The molecule has 0 unspecified atom stereocenters. The van der Waals surface area contributed by atoms with Crippen molar-refractivity contribution in [2.24, 2.45) is 0 Å². The first-order valence-electron chi connectivity index (χ1n) is 5.58. The van der Waals surface area contributed by atoms with E-state index in [4.69, 9.17) is 22.0 Å². The van der Waals surface area contributed by atoms with Gasteiger partial charge in [-0.25, -0.2) is 9.78 Å². The Kier molecular flexibility index (Phi) is 4.13. The number of pyridine rings is 2. The fourth-order valence-corrected chi connectivity index (χ4v) is 1.76. The summed E-state index contributed by atoms with van der Waals surface area (Å²) in [6.07, 6.45) is 2.88. The molecular formula is C13H9ClN4O2. The lowest BCUT2D eigenvalue weighted by Gasteiger charge is -2.07. The van der Waals surface area contributed by atoms with Crippen LogP contribution in [0.5, 0.6) is 0 Å². The highest BCUT2D eigenvalue weighted by Gasteiger charge is 2.08. The van der Waals surface area contributed by atoms with Crippen LogP contribution in [0.25, 0.3) is 0 Å². The van der Waals surface area contributed by atoms with Gasteiger partial charge in [-0.3, -0.25) is 4.98 Å². The Hall–Kier alpha value is -2.65. The van der Waals surface area contributed by atoms with E-state index < -0.39 is 5.97 Å². The van der Waals surface area contributed by atoms with Crippen LogP contribution in [-0.4, -0.2) is 21.0 Å². The second kappa shape index (κ2) is 5.99.